The topological polar surface area (TPSA) is 72.2 Å². The number of aromatic nitrogens is 1. The van der Waals surface area contributed by atoms with Gasteiger partial charge < -0.3 is 9.47 Å². The van der Waals surface area contributed by atoms with Gasteiger partial charge in [0.25, 0.3) is 0 Å². The highest BCUT2D eigenvalue weighted by Crippen LogP contribution is 2.28. The summed E-state index contributed by atoms with van der Waals surface area (Å²) in [6.45, 7) is 1.86. The van der Waals surface area contributed by atoms with Crippen LogP contribution in [0.4, 0.5) is 0 Å². The molecule has 0 radical (unpaired) electrons. The molecular formula is C16H13BrN2O3. The Labute approximate surface area is 136 Å². The molecule has 1 unspecified atom stereocenters. The zero-order valence-corrected chi connectivity index (χ0v) is 13.6. The minimum Gasteiger partial charge on any atom is -0.465 e. The SMILES string of the molecule is COC(=O)c1ccc(Oc2cccc(C#N)c2)nc1C(C)Br. The van der Waals surface area contributed by atoms with Gasteiger partial charge in [0.1, 0.15) is 5.75 Å². The van der Waals surface area contributed by atoms with Crippen molar-refractivity contribution in [1.29, 1.82) is 5.26 Å². The Morgan fingerprint density at radius 3 is 2.77 bits per heavy atom. The van der Waals surface area contributed by atoms with E-state index in [9.17, 15) is 4.79 Å². The first kappa shape index (κ1) is 16.0. The van der Waals surface area contributed by atoms with Gasteiger partial charge in [-0.05, 0) is 31.2 Å². The summed E-state index contributed by atoms with van der Waals surface area (Å²) in [6.07, 6.45) is 0. The smallest absolute Gasteiger partial charge is 0.339 e. The summed E-state index contributed by atoms with van der Waals surface area (Å²) in [7, 11) is 1.32. The van der Waals surface area contributed by atoms with Crippen molar-refractivity contribution in [2.45, 2.75) is 11.8 Å². The molecule has 0 saturated heterocycles. The monoisotopic (exact) mass is 360 g/mol. The van der Waals surface area contributed by atoms with Crippen molar-refractivity contribution in [3.05, 3.63) is 53.2 Å². The van der Waals surface area contributed by atoms with E-state index in [2.05, 4.69) is 20.9 Å². The van der Waals surface area contributed by atoms with E-state index < -0.39 is 5.97 Å². The van der Waals surface area contributed by atoms with Crippen molar-refractivity contribution in [2.75, 3.05) is 7.11 Å². The summed E-state index contributed by atoms with van der Waals surface area (Å²) >= 11 is 3.40. The number of hydrogen-bond donors (Lipinski definition) is 0. The van der Waals surface area contributed by atoms with E-state index >= 15 is 0 Å². The molecule has 0 bridgehead atoms. The van der Waals surface area contributed by atoms with E-state index in [1.54, 1.807) is 36.4 Å². The molecule has 0 saturated carbocycles. The van der Waals surface area contributed by atoms with Gasteiger partial charge in [0.05, 0.1) is 34.8 Å². The van der Waals surface area contributed by atoms with Crippen molar-refractivity contribution < 1.29 is 14.3 Å². The second-order valence-electron chi connectivity index (χ2n) is 4.43. The lowest BCUT2D eigenvalue weighted by Gasteiger charge is -2.12. The number of methoxy groups -OCH3 is 1. The highest BCUT2D eigenvalue weighted by atomic mass is 79.9. The van der Waals surface area contributed by atoms with E-state index in [4.69, 9.17) is 14.7 Å². The van der Waals surface area contributed by atoms with E-state index in [1.807, 2.05) is 13.0 Å². The molecule has 0 aliphatic rings. The predicted octanol–water partition coefficient (Wildman–Crippen LogP) is 3.99. The number of halogens is 1. The zero-order chi connectivity index (χ0) is 16.1. The lowest BCUT2D eigenvalue weighted by Crippen LogP contribution is -2.08. The minimum atomic E-state index is -0.452. The molecule has 0 fully saturated rings. The summed E-state index contributed by atoms with van der Waals surface area (Å²) in [5.41, 5.74) is 1.41. The Hall–Kier alpha value is -2.39. The fourth-order valence-electron chi connectivity index (χ4n) is 1.85. The second kappa shape index (κ2) is 7.05. The molecule has 2 rings (SSSR count). The number of pyridine rings is 1. The molecule has 22 heavy (non-hydrogen) atoms. The zero-order valence-electron chi connectivity index (χ0n) is 12.0. The molecule has 112 valence electrons. The van der Waals surface area contributed by atoms with Crippen LogP contribution < -0.4 is 4.74 Å². The molecule has 0 aliphatic carbocycles. The Balaban J connectivity index is 2.34. The summed E-state index contributed by atoms with van der Waals surface area (Å²) in [5, 5.41) is 8.89. The maximum atomic E-state index is 11.7. The van der Waals surface area contributed by atoms with Gasteiger partial charge in [0, 0.05) is 6.07 Å². The van der Waals surface area contributed by atoms with Crippen LogP contribution in [0.15, 0.2) is 36.4 Å². The molecule has 1 aromatic carbocycles. The van der Waals surface area contributed by atoms with Gasteiger partial charge in [-0.25, -0.2) is 9.78 Å². The second-order valence-corrected chi connectivity index (χ2v) is 5.81. The van der Waals surface area contributed by atoms with Gasteiger partial charge in [0.2, 0.25) is 5.88 Å². The lowest BCUT2D eigenvalue weighted by atomic mass is 10.1. The molecule has 5 nitrogen and oxygen atoms in total. The van der Waals surface area contributed by atoms with Crippen molar-refractivity contribution in [1.82, 2.24) is 4.98 Å². The molecule has 0 N–H and O–H groups in total. The van der Waals surface area contributed by atoms with Crippen LogP contribution in [0.2, 0.25) is 0 Å². The normalized spacial score (nSPS) is 11.4. The molecule has 1 heterocycles. The molecule has 1 aromatic heterocycles. The predicted molar refractivity (Wildman–Crippen MR) is 84.1 cm³/mol. The summed E-state index contributed by atoms with van der Waals surface area (Å²) in [6, 6.07) is 12.0. The van der Waals surface area contributed by atoms with Crippen LogP contribution in [0.25, 0.3) is 0 Å². The molecule has 1 atom stereocenters. The van der Waals surface area contributed by atoms with Crippen LogP contribution >= 0.6 is 15.9 Å². The van der Waals surface area contributed by atoms with E-state index in [1.165, 1.54) is 7.11 Å². The van der Waals surface area contributed by atoms with Gasteiger partial charge in [-0.3, -0.25) is 0 Å². The summed E-state index contributed by atoms with van der Waals surface area (Å²) < 4.78 is 10.4. The first-order chi connectivity index (χ1) is 10.5. The van der Waals surface area contributed by atoms with Crippen LogP contribution in [0.3, 0.4) is 0 Å². The van der Waals surface area contributed by atoms with Crippen molar-refractivity contribution in [2.24, 2.45) is 0 Å². The average Bonchev–Trinajstić information content (AvgIpc) is 2.54. The van der Waals surface area contributed by atoms with Crippen LogP contribution in [0.5, 0.6) is 11.6 Å². The van der Waals surface area contributed by atoms with Crippen LogP contribution in [-0.2, 0) is 4.74 Å². The third-order valence-corrected chi connectivity index (χ3v) is 3.30. The van der Waals surface area contributed by atoms with E-state index in [0.717, 1.165) is 0 Å². The molecule has 0 aliphatic heterocycles. The van der Waals surface area contributed by atoms with Gasteiger partial charge in [-0.15, -0.1) is 0 Å². The van der Waals surface area contributed by atoms with Gasteiger partial charge in [-0.1, -0.05) is 22.0 Å². The Kier molecular flexibility index (Phi) is 5.12. The van der Waals surface area contributed by atoms with Crippen molar-refractivity contribution in [3.8, 4) is 17.7 Å². The van der Waals surface area contributed by atoms with Gasteiger partial charge >= 0.3 is 5.97 Å². The van der Waals surface area contributed by atoms with E-state index in [-0.39, 0.29) is 4.83 Å². The summed E-state index contributed by atoms with van der Waals surface area (Å²) in [5.74, 6) is 0.390. The number of nitriles is 1. The van der Waals surface area contributed by atoms with Crippen LogP contribution in [0.1, 0.15) is 33.4 Å². The maximum absolute atomic E-state index is 11.7. The Morgan fingerprint density at radius 2 is 2.14 bits per heavy atom. The van der Waals surface area contributed by atoms with Crippen molar-refractivity contribution >= 4 is 21.9 Å². The Bertz CT molecular complexity index is 738. The van der Waals surface area contributed by atoms with Crippen LogP contribution in [0, 0.1) is 11.3 Å². The largest absolute Gasteiger partial charge is 0.465 e. The Morgan fingerprint density at radius 1 is 1.36 bits per heavy atom. The van der Waals surface area contributed by atoms with Gasteiger partial charge in [-0.2, -0.15) is 5.26 Å². The average molecular weight is 361 g/mol. The number of nitrogens with zero attached hydrogens (tertiary/aromatic N) is 2. The molecule has 0 amide bonds. The first-order valence-corrected chi connectivity index (χ1v) is 7.38. The molecule has 6 heteroatoms. The third kappa shape index (κ3) is 3.62. The molecule has 2 aromatic rings. The maximum Gasteiger partial charge on any atom is 0.339 e. The highest BCUT2D eigenvalue weighted by molar-refractivity contribution is 9.09. The number of carbonyl (C=O) groups excluding carboxylic acids is 1. The number of alkyl halides is 1. The highest BCUT2D eigenvalue weighted by Gasteiger charge is 2.18. The number of rotatable bonds is 4. The van der Waals surface area contributed by atoms with Crippen LogP contribution in [-0.4, -0.2) is 18.1 Å². The van der Waals surface area contributed by atoms with Crippen molar-refractivity contribution in [3.63, 3.8) is 0 Å². The van der Waals surface area contributed by atoms with Gasteiger partial charge in [0.15, 0.2) is 0 Å². The lowest BCUT2D eigenvalue weighted by molar-refractivity contribution is 0.0599. The standard InChI is InChI=1S/C16H13BrN2O3/c1-10(17)15-13(16(20)21-2)6-7-14(19-15)22-12-5-3-4-11(8-12)9-18/h3-8,10H,1-2H3. The fourth-order valence-corrected chi connectivity index (χ4v) is 2.20. The number of ether oxygens (including phenoxy) is 2. The number of benzene rings is 1. The molecule has 0 spiro atoms. The minimum absolute atomic E-state index is 0.143. The third-order valence-electron chi connectivity index (χ3n) is 2.87. The number of esters is 1. The fraction of sp³-hybridized carbons (Fsp3) is 0.188. The molecular weight excluding hydrogens is 348 g/mol. The number of hydrogen-bond acceptors (Lipinski definition) is 5. The first-order valence-electron chi connectivity index (χ1n) is 6.46. The number of carbonyl (C=O) groups is 1. The quantitative estimate of drug-likeness (QED) is 0.608. The van der Waals surface area contributed by atoms with E-state index in [0.29, 0.717) is 28.5 Å². The summed E-state index contributed by atoms with van der Waals surface area (Å²) in [4.78, 5) is 15.9.